The summed E-state index contributed by atoms with van der Waals surface area (Å²) < 4.78 is 23.5. The lowest BCUT2D eigenvalue weighted by molar-refractivity contribution is 0.236. The van der Waals surface area contributed by atoms with E-state index in [4.69, 9.17) is 9.47 Å². The Morgan fingerprint density at radius 1 is 1.09 bits per heavy atom. The molecule has 0 spiro atoms. The molecule has 0 aliphatic heterocycles. The quantitative estimate of drug-likeness (QED) is 0.772. The molecule has 0 unspecified atom stereocenters. The van der Waals surface area contributed by atoms with Gasteiger partial charge in [-0.3, -0.25) is 0 Å². The molecule has 23 heavy (non-hydrogen) atoms. The highest BCUT2D eigenvalue weighted by Crippen LogP contribution is 2.16. The molecule has 122 valence electrons. The highest BCUT2D eigenvalue weighted by molar-refractivity contribution is 5.73. The lowest BCUT2D eigenvalue weighted by Gasteiger charge is -2.09. The maximum absolute atomic E-state index is 13.0. The third-order valence-corrected chi connectivity index (χ3v) is 3.06. The lowest BCUT2D eigenvalue weighted by atomic mass is 10.2. The molecule has 0 aliphatic rings. The van der Waals surface area contributed by atoms with E-state index in [1.165, 1.54) is 12.1 Å². The predicted octanol–water partition coefficient (Wildman–Crippen LogP) is 2.71. The largest absolute Gasteiger partial charge is 0.497 e. The Morgan fingerprint density at radius 2 is 1.83 bits per heavy atom. The number of ether oxygens (including phenoxy) is 2. The first-order valence-corrected chi connectivity index (χ1v) is 7.20. The third kappa shape index (κ3) is 5.86. The Balaban J connectivity index is 1.62. The number of amides is 2. The summed E-state index contributed by atoms with van der Waals surface area (Å²) in [5.74, 6) is 1.14. The summed E-state index contributed by atoms with van der Waals surface area (Å²) in [6.45, 7) is 0.976. The minimum atomic E-state index is -0.326. The van der Waals surface area contributed by atoms with E-state index in [-0.39, 0.29) is 18.4 Å². The van der Waals surface area contributed by atoms with Crippen LogP contribution in [-0.4, -0.2) is 26.3 Å². The zero-order chi connectivity index (χ0) is 16.5. The van der Waals surface area contributed by atoms with Crippen LogP contribution in [0.15, 0.2) is 48.5 Å². The molecule has 0 saturated heterocycles. The van der Waals surface area contributed by atoms with Crippen molar-refractivity contribution < 1.29 is 18.7 Å². The number of benzene rings is 2. The zero-order valence-electron chi connectivity index (χ0n) is 12.8. The molecule has 6 heteroatoms. The van der Waals surface area contributed by atoms with Crippen molar-refractivity contribution in [1.29, 1.82) is 0 Å². The van der Waals surface area contributed by atoms with Crippen LogP contribution in [0.2, 0.25) is 0 Å². The minimum absolute atomic E-state index is 0.267. The van der Waals surface area contributed by atoms with Crippen LogP contribution in [0, 0.1) is 5.82 Å². The Kier molecular flexibility index (Phi) is 6.23. The number of hydrogen-bond acceptors (Lipinski definition) is 3. The van der Waals surface area contributed by atoms with Crippen molar-refractivity contribution in [3.8, 4) is 11.5 Å². The summed E-state index contributed by atoms with van der Waals surface area (Å²) in [6.07, 6.45) is 0. The molecule has 0 radical (unpaired) electrons. The lowest BCUT2D eigenvalue weighted by Crippen LogP contribution is -2.37. The van der Waals surface area contributed by atoms with Gasteiger partial charge >= 0.3 is 6.03 Å². The third-order valence-electron chi connectivity index (χ3n) is 3.06. The highest BCUT2D eigenvalue weighted by atomic mass is 19.1. The number of hydrogen-bond donors (Lipinski definition) is 2. The molecule has 2 aromatic rings. The van der Waals surface area contributed by atoms with E-state index in [1.54, 1.807) is 43.5 Å². The number of rotatable bonds is 7. The molecule has 0 heterocycles. The van der Waals surface area contributed by atoms with Crippen molar-refractivity contribution in [2.45, 2.75) is 6.54 Å². The molecular formula is C17H19FN2O3. The van der Waals surface area contributed by atoms with E-state index in [0.717, 1.165) is 5.75 Å². The summed E-state index contributed by atoms with van der Waals surface area (Å²) in [5, 5.41) is 5.32. The molecule has 0 aromatic heterocycles. The van der Waals surface area contributed by atoms with Crippen LogP contribution >= 0.6 is 0 Å². The van der Waals surface area contributed by atoms with E-state index < -0.39 is 0 Å². The van der Waals surface area contributed by atoms with Gasteiger partial charge in [-0.2, -0.15) is 0 Å². The summed E-state index contributed by atoms with van der Waals surface area (Å²) in [7, 11) is 1.60. The Labute approximate surface area is 134 Å². The van der Waals surface area contributed by atoms with E-state index in [1.807, 2.05) is 0 Å². The first kappa shape index (κ1) is 16.6. The van der Waals surface area contributed by atoms with Gasteiger partial charge in [0, 0.05) is 6.54 Å². The molecule has 2 amide bonds. The van der Waals surface area contributed by atoms with Gasteiger partial charge in [0.25, 0.3) is 0 Å². The van der Waals surface area contributed by atoms with Crippen LogP contribution in [0.5, 0.6) is 11.5 Å². The number of urea groups is 1. The molecule has 2 rings (SSSR count). The van der Waals surface area contributed by atoms with Crippen LogP contribution in [0.1, 0.15) is 5.56 Å². The molecule has 0 bridgehead atoms. The number of carbonyl (C=O) groups excluding carboxylic acids is 1. The van der Waals surface area contributed by atoms with Crippen LogP contribution in [0.25, 0.3) is 0 Å². The fourth-order valence-electron chi connectivity index (χ4n) is 1.90. The Morgan fingerprint density at radius 3 is 2.52 bits per heavy atom. The second kappa shape index (κ2) is 8.63. The van der Waals surface area contributed by atoms with E-state index in [2.05, 4.69) is 10.6 Å². The summed E-state index contributed by atoms with van der Waals surface area (Å²) in [6, 6.07) is 13.0. The normalized spacial score (nSPS) is 10.0. The van der Waals surface area contributed by atoms with Crippen LogP contribution in [0.4, 0.5) is 9.18 Å². The molecule has 0 saturated carbocycles. The van der Waals surface area contributed by atoms with E-state index >= 15 is 0 Å². The fourth-order valence-corrected chi connectivity index (χ4v) is 1.90. The standard InChI is InChI=1S/C17H19FN2O3/c1-22-15-5-7-16(8-6-15)23-10-9-19-17(21)20-12-13-3-2-4-14(18)11-13/h2-8,11H,9-10,12H2,1H3,(H2,19,20,21). The summed E-state index contributed by atoms with van der Waals surface area (Å²) in [5.41, 5.74) is 0.703. The Bertz CT molecular complexity index is 632. The fraction of sp³-hybridized carbons (Fsp3) is 0.235. The van der Waals surface area contributed by atoms with Crippen molar-refractivity contribution >= 4 is 6.03 Å². The van der Waals surface area contributed by atoms with Gasteiger partial charge in [0.2, 0.25) is 0 Å². The molecule has 5 nitrogen and oxygen atoms in total. The van der Waals surface area contributed by atoms with Gasteiger partial charge < -0.3 is 20.1 Å². The number of methoxy groups -OCH3 is 1. The monoisotopic (exact) mass is 318 g/mol. The maximum Gasteiger partial charge on any atom is 0.315 e. The first-order valence-electron chi connectivity index (χ1n) is 7.20. The van der Waals surface area contributed by atoms with Gasteiger partial charge in [-0.1, -0.05) is 12.1 Å². The average molecular weight is 318 g/mol. The molecule has 2 aromatic carbocycles. The van der Waals surface area contributed by atoms with Gasteiger partial charge in [-0.15, -0.1) is 0 Å². The predicted molar refractivity (Wildman–Crippen MR) is 85.1 cm³/mol. The van der Waals surface area contributed by atoms with Crippen LogP contribution in [0.3, 0.4) is 0 Å². The molecular weight excluding hydrogens is 299 g/mol. The van der Waals surface area contributed by atoms with Gasteiger partial charge in [-0.05, 0) is 42.0 Å². The smallest absolute Gasteiger partial charge is 0.315 e. The van der Waals surface area contributed by atoms with Gasteiger partial charge in [0.05, 0.1) is 13.7 Å². The molecule has 2 N–H and O–H groups in total. The summed E-state index contributed by atoms with van der Waals surface area (Å²) in [4.78, 5) is 11.6. The number of nitrogens with one attached hydrogen (secondary N) is 2. The van der Waals surface area contributed by atoms with Crippen molar-refractivity contribution in [2.75, 3.05) is 20.3 Å². The van der Waals surface area contributed by atoms with Crippen LogP contribution in [-0.2, 0) is 6.54 Å². The SMILES string of the molecule is COc1ccc(OCCNC(=O)NCc2cccc(F)c2)cc1. The maximum atomic E-state index is 13.0. The second-order valence-electron chi connectivity index (χ2n) is 4.76. The number of halogens is 1. The van der Waals surface area contributed by atoms with Crippen molar-refractivity contribution in [2.24, 2.45) is 0 Å². The van der Waals surface area contributed by atoms with E-state index in [0.29, 0.717) is 24.5 Å². The highest BCUT2D eigenvalue weighted by Gasteiger charge is 2.01. The molecule has 0 aliphatic carbocycles. The number of carbonyl (C=O) groups is 1. The first-order chi connectivity index (χ1) is 11.2. The second-order valence-corrected chi connectivity index (χ2v) is 4.76. The van der Waals surface area contributed by atoms with Crippen LogP contribution < -0.4 is 20.1 Å². The Hall–Kier alpha value is -2.76. The van der Waals surface area contributed by atoms with Crippen molar-refractivity contribution in [3.05, 3.63) is 59.9 Å². The van der Waals surface area contributed by atoms with Gasteiger partial charge in [0.1, 0.15) is 23.9 Å². The topological polar surface area (TPSA) is 59.6 Å². The minimum Gasteiger partial charge on any atom is -0.497 e. The molecule has 0 fully saturated rings. The van der Waals surface area contributed by atoms with Crippen molar-refractivity contribution in [1.82, 2.24) is 10.6 Å². The van der Waals surface area contributed by atoms with E-state index in [9.17, 15) is 9.18 Å². The summed E-state index contributed by atoms with van der Waals surface area (Å²) >= 11 is 0. The van der Waals surface area contributed by atoms with Gasteiger partial charge in [-0.25, -0.2) is 9.18 Å². The zero-order valence-corrected chi connectivity index (χ0v) is 12.8. The van der Waals surface area contributed by atoms with Crippen molar-refractivity contribution in [3.63, 3.8) is 0 Å². The average Bonchev–Trinajstić information content (AvgIpc) is 2.57. The molecule has 0 atom stereocenters. The van der Waals surface area contributed by atoms with Gasteiger partial charge in [0.15, 0.2) is 0 Å².